The highest BCUT2D eigenvalue weighted by molar-refractivity contribution is 5.83. The lowest BCUT2D eigenvalue weighted by Crippen LogP contribution is -2.47. The average Bonchev–Trinajstić information content (AvgIpc) is 2.51. The van der Waals surface area contributed by atoms with Crippen molar-refractivity contribution in [2.75, 3.05) is 20.8 Å². The first-order valence-electron chi connectivity index (χ1n) is 7.03. The Morgan fingerprint density at radius 2 is 1.83 bits per heavy atom. The number of aliphatic carboxylic acids is 1. The van der Waals surface area contributed by atoms with Gasteiger partial charge in [-0.25, -0.2) is 0 Å². The molecule has 0 fully saturated rings. The molecule has 0 saturated carbocycles. The number of benzene rings is 1. The van der Waals surface area contributed by atoms with Crippen LogP contribution in [0.3, 0.4) is 0 Å². The number of carbonyl (C=O) groups is 2. The molecule has 1 unspecified atom stereocenters. The Balaban J connectivity index is 2.52. The standard InChI is InChI=1S/C15H16F3NO5/c1-23-11-5-8-3-4-19(14(22)15(16,17)18)10(7-13(20)21)9(8)6-12(11)24-2/h5-6,10H,3-4,7H2,1-2H3,(H,20,21). The topological polar surface area (TPSA) is 76.1 Å². The number of rotatable bonds is 4. The van der Waals surface area contributed by atoms with Crippen LogP contribution in [0.15, 0.2) is 12.1 Å². The van der Waals surface area contributed by atoms with Crippen molar-refractivity contribution < 1.29 is 37.3 Å². The Kier molecular flexibility index (Phi) is 4.91. The summed E-state index contributed by atoms with van der Waals surface area (Å²) in [6.07, 6.45) is -5.54. The van der Waals surface area contributed by atoms with Gasteiger partial charge in [-0.05, 0) is 29.7 Å². The Hall–Kier alpha value is -2.45. The van der Waals surface area contributed by atoms with E-state index in [-0.39, 0.29) is 18.7 Å². The molecule has 9 heteroatoms. The van der Waals surface area contributed by atoms with Gasteiger partial charge in [-0.2, -0.15) is 13.2 Å². The van der Waals surface area contributed by atoms with Crippen LogP contribution >= 0.6 is 0 Å². The maximum atomic E-state index is 12.8. The number of halogens is 3. The molecule has 1 aromatic carbocycles. The van der Waals surface area contributed by atoms with Gasteiger partial charge >= 0.3 is 18.1 Å². The molecule has 2 rings (SSSR count). The molecule has 0 aliphatic carbocycles. The van der Waals surface area contributed by atoms with Crippen LogP contribution in [0.1, 0.15) is 23.6 Å². The van der Waals surface area contributed by atoms with Crippen molar-refractivity contribution in [2.24, 2.45) is 0 Å². The van der Waals surface area contributed by atoms with Gasteiger partial charge in [-0.3, -0.25) is 9.59 Å². The summed E-state index contributed by atoms with van der Waals surface area (Å²) in [6.45, 7) is -0.223. The first-order valence-corrected chi connectivity index (χ1v) is 7.03. The van der Waals surface area contributed by atoms with Gasteiger partial charge in [0.15, 0.2) is 11.5 Å². The second kappa shape index (κ2) is 6.58. The second-order valence-corrected chi connectivity index (χ2v) is 5.27. The highest BCUT2D eigenvalue weighted by Crippen LogP contribution is 2.40. The molecule has 132 valence electrons. The molecule has 1 aromatic rings. The third kappa shape index (κ3) is 3.39. The molecule has 6 nitrogen and oxygen atoms in total. The van der Waals surface area contributed by atoms with Crippen LogP contribution in [0.4, 0.5) is 13.2 Å². The minimum atomic E-state index is -5.06. The van der Waals surface area contributed by atoms with Crippen LogP contribution in [0.5, 0.6) is 11.5 Å². The first kappa shape index (κ1) is 17.9. The summed E-state index contributed by atoms with van der Waals surface area (Å²) in [5.41, 5.74) is 0.948. The fourth-order valence-corrected chi connectivity index (χ4v) is 2.82. The molecular formula is C15H16F3NO5. The number of methoxy groups -OCH3 is 2. The monoisotopic (exact) mass is 347 g/mol. The normalized spacial score (nSPS) is 17.2. The highest BCUT2D eigenvalue weighted by Gasteiger charge is 2.46. The minimum Gasteiger partial charge on any atom is -0.493 e. The quantitative estimate of drug-likeness (QED) is 0.903. The molecule has 1 heterocycles. The van der Waals surface area contributed by atoms with Crippen LogP contribution in [-0.4, -0.2) is 48.8 Å². The number of amides is 1. The Morgan fingerprint density at radius 3 is 2.33 bits per heavy atom. The summed E-state index contributed by atoms with van der Waals surface area (Å²) in [5.74, 6) is -2.70. The predicted octanol–water partition coefficient (Wildman–Crippen LogP) is 2.17. The molecule has 1 N–H and O–H groups in total. The predicted molar refractivity (Wildman–Crippen MR) is 76.0 cm³/mol. The molecule has 0 spiro atoms. The number of nitrogens with zero attached hydrogens (tertiary/aromatic N) is 1. The van der Waals surface area contributed by atoms with Crippen molar-refractivity contribution in [3.63, 3.8) is 0 Å². The lowest BCUT2D eigenvalue weighted by molar-refractivity contribution is -0.189. The van der Waals surface area contributed by atoms with Gasteiger partial charge in [0.05, 0.1) is 26.7 Å². The third-order valence-corrected chi connectivity index (χ3v) is 3.87. The van der Waals surface area contributed by atoms with Crippen molar-refractivity contribution in [1.82, 2.24) is 4.90 Å². The van der Waals surface area contributed by atoms with E-state index in [0.717, 1.165) is 0 Å². The highest BCUT2D eigenvalue weighted by atomic mass is 19.4. The van der Waals surface area contributed by atoms with E-state index < -0.39 is 30.5 Å². The van der Waals surface area contributed by atoms with Gasteiger partial charge in [0.1, 0.15) is 0 Å². The number of hydrogen-bond donors (Lipinski definition) is 1. The molecule has 1 atom stereocenters. The number of hydrogen-bond acceptors (Lipinski definition) is 4. The summed E-state index contributed by atoms with van der Waals surface area (Å²) < 4.78 is 48.7. The van der Waals surface area contributed by atoms with E-state index in [1.165, 1.54) is 20.3 Å². The van der Waals surface area contributed by atoms with Gasteiger partial charge in [-0.15, -0.1) is 0 Å². The molecule has 1 amide bonds. The molecule has 1 aliphatic heterocycles. The maximum Gasteiger partial charge on any atom is 0.471 e. The zero-order valence-corrected chi connectivity index (χ0v) is 13.0. The smallest absolute Gasteiger partial charge is 0.471 e. The van der Waals surface area contributed by atoms with E-state index in [9.17, 15) is 22.8 Å². The summed E-state index contributed by atoms with van der Waals surface area (Å²) in [4.78, 5) is 23.3. The van der Waals surface area contributed by atoms with Crippen LogP contribution in [0.25, 0.3) is 0 Å². The van der Waals surface area contributed by atoms with Gasteiger partial charge < -0.3 is 19.5 Å². The average molecular weight is 347 g/mol. The number of carbonyl (C=O) groups excluding carboxylic acids is 1. The number of ether oxygens (including phenoxy) is 2. The van der Waals surface area contributed by atoms with Crippen LogP contribution in [0.2, 0.25) is 0 Å². The zero-order valence-electron chi connectivity index (χ0n) is 13.0. The Bertz CT molecular complexity index is 659. The molecular weight excluding hydrogens is 331 g/mol. The van der Waals surface area contributed by atoms with E-state index >= 15 is 0 Å². The summed E-state index contributed by atoms with van der Waals surface area (Å²) >= 11 is 0. The molecule has 0 bridgehead atoms. The van der Waals surface area contributed by atoms with E-state index in [1.54, 1.807) is 6.07 Å². The van der Waals surface area contributed by atoms with Crippen molar-refractivity contribution in [3.05, 3.63) is 23.3 Å². The summed E-state index contributed by atoms with van der Waals surface area (Å²) in [6, 6.07) is 1.80. The third-order valence-electron chi connectivity index (χ3n) is 3.87. The number of fused-ring (bicyclic) bond motifs is 1. The van der Waals surface area contributed by atoms with Crippen LogP contribution < -0.4 is 9.47 Å². The fraction of sp³-hybridized carbons (Fsp3) is 0.467. The number of carboxylic acid groups (broad SMARTS) is 1. The molecule has 0 saturated heterocycles. The van der Waals surface area contributed by atoms with Crippen molar-refractivity contribution in [1.29, 1.82) is 0 Å². The maximum absolute atomic E-state index is 12.8. The minimum absolute atomic E-state index is 0.160. The summed E-state index contributed by atoms with van der Waals surface area (Å²) in [7, 11) is 2.78. The van der Waals surface area contributed by atoms with Crippen LogP contribution in [-0.2, 0) is 16.0 Å². The molecule has 1 aliphatic rings. The zero-order chi connectivity index (χ0) is 18.1. The van der Waals surface area contributed by atoms with Crippen molar-refractivity contribution in [3.8, 4) is 11.5 Å². The molecule has 0 radical (unpaired) electrons. The van der Waals surface area contributed by atoms with Crippen molar-refractivity contribution in [2.45, 2.75) is 25.1 Å². The Morgan fingerprint density at radius 1 is 1.25 bits per heavy atom. The lowest BCUT2D eigenvalue weighted by Gasteiger charge is -2.37. The van der Waals surface area contributed by atoms with Crippen molar-refractivity contribution >= 4 is 11.9 Å². The van der Waals surface area contributed by atoms with E-state index in [4.69, 9.17) is 14.6 Å². The summed E-state index contributed by atoms with van der Waals surface area (Å²) in [5, 5.41) is 9.05. The van der Waals surface area contributed by atoms with E-state index in [0.29, 0.717) is 21.8 Å². The molecule has 24 heavy (non-hydrogen) atoms. The largest absolute Gasteiger partial charge is 0.493 e. The van der Waals surface area contributed by atoms with Crippen LogP contribution in [0, 0.1) is 0 Å². The number of alkyl halides is 3. The lowest BCUT2D eigenvalue weighted by atomic mass is 9.90. The van der Waals surface area contributed by atoms with E-state index in [2.05, 4.69) is 0 Å². The molecule has 0 aromatic heterocycles. The van der Waals surface area contributed by atoms with E-state index in [1.807, 2.05) is 0 Å². The number of carboxylic acids is 1. The van der Waals surface area contributed by atoms with Gasteiger partial charge in [0, 0.05) is 6.54 Å². The van der Waals surface area contributed by atoms with Gasteiger partial charge in [0.2, 0.25) is 0 Å². The Labute approximate surface area is 135 Å². The fourth-order valence-electron chi connectivity index (χ4n) is 2.82. The SMILES string of the molecule is COc1cc2c(cc1OC)C(CC(=O)O)N(C(=O)C(F)(F)F)CC2. The van der Waals surface area contributed by atoms with Gasteiger partial charge in [-0.1, -0.05) is 0 Å². The van der Waals surface area contributed by atoms with Gasteiger partial charge in [0.25, 0.3) is 0 Å². The first-order chi connectivity index (χ1) is 11.2. The second-order valence-electron chi connectivity index (χ2n) is 5.27.